The van der Waals surface area contributed by atoms with Crippen molar-refractivity contribution >= 4 is 10.9 Å². The van der Waals surface area contributed by atoms with Crippen molar-refractivity contribution in [3.05, 3.63) is 70.3 Å². The second-order valence-electron chi connectivity index (χ2n) is 8.65. The number of para-hydroxylation sites is 1. The number of hydrogen-bond donors (Lipinski definition) is 1. The van der Waals surface area contributed by atoms with E-state index in [-0.39, 0.29) is 12.1 Å². The number of rotatable bonds is 4. The van der Waals surface area contributed by atoms with E-state index < -0.39 is 5.60 Å². The average molecular weight is 390 g/mol. The van der Waals surface area contributed by atoms with Crippen LogP contribution in [0, 0.1) is 6.92 Å². The zero-order valence-corrected chi connectivity index (χ0v) is 16.7. The fourth-order valence-electron chi connectivity index (χ4n) is 5.23. The Labute approximate surface area is 169 Å². The van der Waals surface area contributed by atoms with Gasteiger partial charge in [-0.05, 0) is 56.4 Å². The van der Waals surface area contributed by atoms with Crippen molar-refractivity contribution in [2.75, 3.05) is 0 Å². The van der Waals surface area contributed by atoms with Crippen LogP contribution >= 0.6 is 0 Å². The Kier molecular flexibility index (Phi) is 4.48. The van der Waals surface area contributed by atoms with Gasteiger partial charge in [-0.15, -0.1) is 0 Å². The van der Waals surface area contributed by atoms with Crippen LogP contribution in [0.5, 0.6) is 0 Å². The maximum absolute atomic E-state index is 12.2. The maximum Gasteiger partial charge on any atom is 0.266 e. The van der Waals surface area contributed by atoms with Gasteiger partial charge in [0.25, 0.3) is 5.56 Å². The van der Waals surface area contributed by atoms with Crippen molar-refractivity contribution in [2.24, 2.45) is 0 Å². The average Bonchev–Trinajstić information content (AvgIpc) is 2.95. The van der Waals surface area contributed by atoms with E-state index in [1.165, 1.54) is 21.7 Å². The molecule has 3 aromatic rings. The number of benzene rings is 1. The summed E-state index contributed by atoms with van der Waals surface area (Å²) < 4.78 is 1.43. The van der Waals surface area contributed by atoms with E-state index in [2.05, 4.69) is 39.2 Å². The van der Waals surface area contributed by atoms with E-state index in [4.69, 9.17) is 0 Å². The van der Waals surface area contributed by atoms with Crippen LogP contribution in [0.2, 0.25) is 0 Å². The molecule has 1 aromatic carbocycles. The monoisotopic (exact) mass is 390 g/mol. The Morgan fingerprint density at radius 3 is 2.66 bits per heavy atom. The number of pyridine rings is 1. The minimum absolute atomic E-state index is 0.151. The number of fused-ring (bicyclic) bond motifs is 3. The minimum Gasteiger partial charge on any atom is -0.388 e. The van der Waals surface area contributed by atoms with Gasteiger partial charge < -0.3 is 5.11 Å². The van der Waals surface area contributed by atoms with Crippen molar-refractivity contribution in [1.29, 1.82) is 0 Å². The van der Waals surface area contributed by atoms with E-state index in [9.17, 15) is 9.90 Å². The summed E-state index contributed by atoms with van der Waals surface area (Å²) in [7, 11) is 0. The Bertz CT molecular complexity index is 1090. The predicted molar refractivity (Wildman–Crippen MR) is 112 cm³/mol. The third-order valence-electron chi connectivity index (χ3n) is 6.54. The summed E-state index contributed by atoms with van der Waals surface area (Å²) in [6.07, 6.45) is 5.41. The van der Waals surface area contributed by atoms with Crippen molar-refractivity contribution in [2.45, 2.75) is 63.4 Å². The van der Waals surface area contributed by atoms with Gasteiger partial charge in [-0.1, -0.05) is 18.2 Å². The number of piperidine rings is 1. The van der Waals surface area contributed by atoms with Crippen molar-refractivity contribution < 1.29 is 5.11 Å². The fourth-order valence-corrected chi connectivity index (χ4v) is 5.23. The molecule has 150 valence electrons. The van der Waals surface area contributed by atoms with Gasteiger partial charge in [-0.25, -0.2) is 4.68 Å². The number of aryl methyl sites for hydroxylation is 1. The molecule has 2 bridgehead atoms. The standard InChI is InChI=1S/C23H26N4O2/c1-16-6-9-22(28)27(25-16)15-23(29)12-18-7-8-19(13-23)26(18)14-17-10-11-24-21-5-3-2-4-20(17)21/h2-6,9-11,18-19,29H,7-8,12-15H2,1H3. The molecule has 2 atom stereocenters. The molecule has 2 saturated heterocycles. The molecule has 0 radical (unpaired) electrons. The second-order valence-corrected chi connectivity index (χ2v) is 8.65. The summed E-state index contributed by atoms with van der Waals surface area (Å²) >= 11 is 0. The van der Waals surface area contributed by atoms with Crippen molar-refractivity contribution in [1.82, 2.24) is 19.7 Å². The van der Waals surface area contributed by atoms with Crippen LogP contribution in [0.1, 0.15) is 36.9 Å². The number of aromatic nitrogens is 3. The number of nitrogens with zero attached hydrogens (tertiary/aromatic N) is 4. The highest BCUT2D eigenvalue weighted by molar-refractivity contribution is 5.81. The zero-order chi connectivity index (χ0) is 20.0. The third kappa shape index (κ3) is 3.47. The molecule has 0 aliphatic carbocycles. The van der Waals surface area contributed by atoms with Crippen molar-refractivity contribution in [3.8, 4) is 0 Å². The molecule has 5 rings (SSSR count). The van der Waals surface area contributed by atoms with Gasteiger partial charge in [0, 0.05) is 36.3 Å². The van der Waals surface area contributed by atoms with Crippen LogP contribution in [0.3, 0.4) is 0 Å². The summed E-state index contributed by atoms with van der Waals surface area (Å²) in [6.45, 7) is 3.01. The summed E-state index contributed by atoms with van der Waals surface area (Å²) in [5.41, 5.74) is 2.07. The van der Waals surface area contributed by atoms with Gasteiger partial charge in [0.2, 0.25) is 0 Å². The largest absolute Gasteiger partial charge is 0.388 e. The number of hydrogen-bond acceptors (Lipinski definition) is 5. The lowest BCUT2D eigenvalue weighted by atomic mass is 9.85. The first-order chi connectivity index (χ1) is 14.0. The Morgan fingerprint density at radius 2 is 1.86 bits per heavy atom. The molecule has 2 aliphatic heterocycles. The van der Waals surface area contributed by atoms with E-state index in [1.807, 2.05) is 19.2 Å². The smallest absolute Gasteiger partial charge is 0.266 e. The molecule has 2 unspecified atom stereocenters. The molecular weight excluding hydrogens is 364 g/mol. The molecule has 0 spiro atoms. The van der Waals surface area contributed by atoms with Crippen molar-refractivity contribution in [3.63, 3.8) is 0 Å². The minimum atomic E-state index is -0.882. The maximum atomic E-state index is 12.2. The Morgan fingerprint density at radius 1 is 1.10 bits per heavy atom. The van der Waals surface area contributed by atoms with Crippen LogP contribution in [-0.4, -0.2) is 42.5 Å². The van der Waals surface area contributed by atoms with E-state index >= 15 is 0 Å². The van der Waals surface area contributed by atoms with Gasteiger partial charge in [-0.2, -0.15) is 5.10 Å². The molecule has 29 heavy (non-hydrogen) atoms. The molecule has 6 heteroatoms. The van der Waals surface area contributed by atoms with E-state index in [0.717, 1.165) is 30.6 Å². The van der Waals surface area contributed by atoms with Gasteiger partial charge in [-0.3, -0.25) is 14.7 Å². The highest BCUT2D eigenvalue weighted by Gasteiger charge is 2.47. The molecule has 0 saturated carbocycles. The Balaban J connectivity index is 1.37. The first kappa shape index (κ1) is 18.5. The topological polar surface area (TPSA) is 71.2 Å². The Hall–Kier alpha value is -2.57. The summed E-state index contributed by atoms with van der Waals surface area (Å²) in [5, 5.41) is 16.9. The lowest BCUT2D eigenvalue weighted by Crippen LogP contribution is -2.53. The first-order valence-electron chi connectivity index (χ1n) is 10.4. The quantitative estimate of drug-likeness (QED) is 0.742. The highest BCUT2D eigenvalue weighted by Crippen LogP contribution is 2.42. The molecule has 2 aliphatic rings. The SMILES string of the molecule is Cc1ccc(=O)n(CC2(O)CC3CCC(C2)N3Cc2ccnc3ccccc23)n1. The van der Waals surface area contributed by atoms with Crippen LogP contribution in [0.15, 0.2) is 53.5 Å². The first-order valence-corrected chi connectivity index (χ1v) is 10.4. The normalized spacial score (nSPS) is 26.8. The van der Waals surface area contributed by atoms with Crippen LogP contribution < -0.4 is 5.56 Å². The fraction of sp³-hybridized carbons (Fsp3) is 0.435. The lowest BCUT2D eigenvalue weighted by Gasteiger charge is -2.44. The van der Waals surface area contributed by atoms with Gasteiger partial charge in [0.15, 0.2) is 0 Å². The lowest BCUT2D eigenvalue weighted by molar-refractivity contribution is -0.0677. The van der Waals surface area contributed by atoms with Gasteiger partial charge in [0.1, 0.15) is 0 Å². The highest BCUT2D eigenvalue weighted by atomic mass is 16.3. The van der Waals surface area contributed by atoms with Crippen LogP contribution in [-0.2, 0) is 13.1 Å². The second kappa shape index (κ2) is 7.04. The van der Waals surface area contributed by atoms with Gasteiger partial charge >= 0.3 is 0 Å². The molecule has 0 amide bonds. The van der Waals surface area contributed by atoms with E-state index in [1.54, 1.807) is 6.07 Å². The number of aliphatic hydroxyl groups is 1. The molecular formula is C23H26N4O2. The molecule has 6 nitrogen and oxygen atoms in total. The molecule has 4 heterocycles. The van der Waals surface area contributed by atoms with Crippen LogP contribution in [0.4, 0.5) is 0 Å². The molecule has 2 fully saturated rings. The molecule has 1 N–H and O–H groups in total. The molecule has 2 aromatic heterocycles. The van der Waals surface area contributed by atoms with Crippen LogP contribution in [0.25, 0.3) is 10.9 Å². The zero-order valence-electron chi connectivity index (χ0n) is 16.7. The van der Waals surface area contributed by atoms with E-state index in [0.29, 0.717) is 24.9 Å². The van der Waals surface area contributed by atoms with Gasteiger partial charge in [0.05, 0.1) is 23.4 Å². The summed E-state index contributed by atoms with van der Waals surface area (Å²) in [5.74, 6) is 0. The summed E-state index contributed by atoms with van der Waals surface area (Å²) in [6, 6.07) is 14.3. The summed E-state index contributed by atoms with van der Waals surface area (Å²) in [4.78, 5) is 19.2. The predicted octanol–water partition coefficient (Wildman–Crippen LogP) is 2.66. The third-order valence-corrected chi connectivity index (χ3v) is 6.54.